The molecule has 0 atom stereocenters. The van der Waals surface area contributed by atoms with Crippen molar-refractivity contribution in [1.29, 1.82) is 0 Å². The molecule has 13 heavy (non-hydrogen) atoms. The fraction of sp³-hybridized carbons (Fsp3) is 0.538. The molecule has 0 fully saturated rings. The molecule has 0 saturated heterocycles. The van der Waals surface area contributed by atoms with E-state index in [1.807, 2.05) is 48.5 Å². The van der Waals surface area contributed by atoms with E-state index < -0.39 is 0 Å². The maximum absolute atomic E-state index is 3.56. The van der Waals surface area contributed by atoms with Crippen molar-refractivity contribution in [2.24, 2.45) is 0 Å². The Morgan fingerprint density at radius 3 is 0.923 bits per heavy atom. The second-order valence-corrected chi connectivity index (χ2v) is 1.05. The first kappa shape index (κ1) is 29.5. The van der Waals surface area contributed by atoms with Gasteiger partial charge in [-0.25, -0.2) is 0 Å². The highest BCUT2D eigenvalue weighted by atomic mass is 13.7. The first-order valence-electron chi connectivity index (χ1n) is 5.05. The quantitative estimate of drug-likeness (QED) is 0.368. The second kappa shape index (κ2) is 113. The van der Waals surface area contributed by atoms with Crippen LogP contribution < -0.4 is 0 Å². The average Bonchev–Trinajstić information content (AvgIpc) is 2.29. The molecule has 0 aromatic carbocycles. The van der Waals surface area contributed by atoms with Crippen molar-refractivity contribution in [1.82, 2.24) is 0 Å². The van der Waals surface area contributed by atoms with Crippen LogP contribution in [-0.2, 0) is 0 Å². The molecule has 0 heterocycles. The van der Waals surface area contributed by atoms with Gasteiger partial charge in [0.2, 0.25) is 0 Å². The standard InChI is InChI=1S/C5H8.3C2H6.C2H4/c1-4-5(2)3;4*1-2/h4H,1-2H2,3H3;3*1-2H3;1-2H2. The van der Waals surface area contributed by atoms with Crippen LogP contribution in [0.25, 0.3) is 0 Å². The molecule has 0 bridgehead atoms. The van der Waals surface area contributed by atoms with Gasteiger partial charge in [0.1, 0.15) is 0 Å². The predicted molar refractivity (Wildman–Crippen MR) is 70.3 cm³/mol. The lowest BCUT2D eigenvalue weighted by atomic mass is 10.4. The summed E-state index contributed by atoms with van der Waals surface area (Å²) in [5.41, 5.74) is 1.02. The van der Waals surface area contributed by atoms with E-state index in [9.17, 15) is 0 Å². The van der Waals surface area contributed by atoms with E-state index in [1.54, 1.807) is 6.08 Å². The number of rotatable bonds is 1. The first-order valence-corrected chi connectivity index (χ1v) is 5.05. The smallest absolute Gasteiger partial charge is 0.0404 e. The Morgan fingerprint density at radius 1 is 0.846 bits per heavy atom. The Balaban J connectivity index is -0.0000000230. The summed E-state index contributed by atoms with van der Waals surface area (Å²) < 4.78 is 0. The van der Waals surface area contributed by atoms with Gasteiger partial charge in [-0.3, -0.25) is 0 Å². The van der Waals surface area contributed by atoms with Crippen molar-refractivity contribution >= 4 is 0 Å². The third-order valence-corrected chi connectivity index (χ3v) is 0.348. The summed E-state index contributed by atoms with van der Waals surface area (Å²) in [6.07, 6.45) is 1.72. The normalized spacial score (nSPS) is 4.23. The van der Waals surface area contributed by atoms with E-state index in [4.69, 9.17) is 0 Å². The molecule has 0 rings (SSSR count). The highest BCUT2D eigenvalue weighted by Crippen LogP contribution is 1.81. The van der Waals surface area contributed by atoms with Gasteiger partial charge in [-0.15, -0.1) is 13.2 Å². The van der Waals surface area contributed by atoms with Gasteiger partial charge in [0, 0.05) is 0 Å². The maximum atomic E-state index is 3.56. The lowest BCUT2D eigenvalue weighted by Crippen LogP contribution is -1.50. The van der Waals surface area contributed by atoms with Crippen molar-refractivity contribution in [3.05, 3.63) is 38.0 Å². The van der Waals surface area contributed by atoms with Crippen molar-refractivity contribution in [3.8, 4) is 0 Å². The van der Waals surface area contributed by atoms with Gasteiger partial charge in [-0.2, -0.15) is 0 Å². The van der Waals surface area contributed by atoms with Crippen LogP contribution in [0, 0.1) is 0 Å². The van der Waals surface area contributed by atoms with Gasteiger partial charge in [0.25, 0.3) is 0 Å². The lowest BCUT2D eigenvalue weighted by Gasteiger charge is -1.71. The molecule has 0 nitrogen and oxygen atoms in total. The molecule has 0 aliphatic rings. The Morgan fingerprint density at radius 2 is 0.923 bits per heavy atom. The van der Waals surface area contributed by atoms with Crippen LogP contribution >= 0.6 is 0 Å². The Hall–Kier alpha value is -0.780. The molecule has 0 heteroatoms. The van der Waals surface area contributed by atoms with Gasteiger partial charge in [0.15, 0.2) is 0 Å². The Labute approximate surface area is 87.1 Å². The summed E-state index contributed by atoms with van der Waals surface area (Å²) in [7, 11) is 0. The van der Waals surface area contributed by atoms with E-state index in [2.05, 4.69) is 26.3 Å². The fourth-order valence-electron chi connectivity index (χ4n) is 0. The van der Waals surface area contributed by atoms with Gasteiger partial charge >= 0.3 is 0 Å². The molecule has 0 saturated carbocycles. The zero-order chi connectivity index (χ0) is 12.3. The summed E-state index contributed by atoms with van der Waals surface area (Å²) >= 11 is 0. The number of hydrogen-bond acceptors (Lipinski definition) is 0. The molecule has 0 unspecified atom stereocenters. The molecule has 82 valence electrons. The van der Waals surface area contributed by atoms with Crippen molar-refractivity contribution in [2.75, 3.05) is 0 Å². The van der Waals surface area contributed by atoms with Crippen molar-refractivity contribution < 1.29 is 0 Å². The molecule has 0 spiro atoms. The van der Waals surface area contributed by atoms with Crippen LogP contribution in [0.2, 0.25) is 0 Å². The number of allylic oxidation sites excluding steroid dienone is 2. The predicted octanol–water partition coefficient (Wildman–Crippen LogP) is 5.63. The first-order chi connectivity index (χ1) is 6.27. The van der Waals surface area contributed by atoms with Gasteiger partial charge in [-0.1, -0.05) is 66.3 Å². The molecule has 0 aliphatic heterocycles. The van der Waals surface area contributed by atoms with Crippen LogP contribution in [0.5, 0.6) is 0 Å². The molecular weight excluding hydrogens is 156 g/mol. The van der Waals surface area contributed by atoms with Crippen LogP contribution in [-0.4, -0.2) is 0 Å². The zero-order valence-electron chi connectivity index (χ0n) is 10.9. The highest BCUT2D eigenvalue weighted by molar-refractivity contribution is 5.05. The van der Waals surface area contributed by atoms with Crippen LogP contribution in [0.3, 0.4) is 0 Å². The summed E-state index contributed by atoms with van der Waals surface area (Å²) in [4.78, 5) is 0. The van der Waals surface area contributed by atoms with Gasteiger partial charge in [-0.05, 0) is 6.92 Å². The van der Waals surface area contributed by atoms with Crippen LogP contribution in [0.4, 0.5) is 0 Å². The highest BCUT2D eigenvalue weighted by Gasteiger charge is 1.59. The van der Waals surface area contributed by atoms with Gasteiger partial charge < -0.3 is 0 Å². The van der Waals surface area contributed by atoms with E-state index in [1.165, 1.54) is 0 Å². The molecule has 0 N–H and O–H groups in total. The lowest BCUT2D eigenvalue weighted by molar-refractivity contribution is 1.50. The minimum Gasteiger partial charge on any atom is -0.106 e. The van der Waals surface area contributed by atoms with Gasteiger partial charge in [0.05, 0.1) is 0 Å². The third kappa shape index (κ3) is 641. The average molecular weight is 186 g/mol. The van der Waals surface area contributed by atoms with Crippen LogP contribution in [0.1, 0.15) is 48.5 Å². The Bertz CT molecular complexity index is 60.4. The molecule has 0 amide bonds. The van der Waals surface area contributed by atoms with E-state index in [0.29, 0.717) is 0 Å². The Kier molecular flexibility index (Phi) is 257. The summed E-state index contributed by atoms with van der Waals surface area (Å²) in [6, 6.07) is 0. The monoisotopic (exact) mass is 186 g/mol. The van der Waals surface area contributed by atoms with Crippen molar-refractivity contribution in [3.63, 3.8) is 0 Å². The molecule has 0 aliphatic carbocycles. The number of hydrogen-bond donors (Lipinski definition) is 0. The molecule has 0 radical (unpaired) electrons. The summed E-state index contributed by atoms with van der Waals surface area (Å²) in [5.74, 6) is 0. The van der Waals surface area contributed by atoms with E-state index in [0.717, 1.165) is 5.57 Å². The topological polar surface area (TPSA) is 0 Å². The SMILES string of the molecule is C=C.C=CC(=C)C.CC.CC.CC. The summed E-state index contributed by atoms with van der Waals surface area (Å²) in [6.45, 7) is 26.9. The molecular formula is C13H30. The minimum absolute atomic E-state index is 1.02. The largest absolute Gasteiger partial charge is 0.106 e. The molecule has 0 aromatic heterocycles. The maximum Gasteiger partial charge on any atom is -0.0404 e. The fourth-order valence-corrected chi connectivity index (χ4v) is 0. The third-order valence-electron chi connectivity index (χ3n) is 0.348. The van der Waals surface area contributed by atoms with E-state index in [-0.39, 0.29) is 0 Å². The van der Waals surface area contributed by atoms with Crippen LogP contribution in [0.15, 0.2) is 38.0 Å². The van der Waals surface area contributed by atoms with E-state index >= 15 is 0 Å². The second-order valence-electron chi connectivity index (χ2n) is 1.05. The van der Waals surface area contributed by atoms with Crippen molar-refractivity contribution in [2.45, 2.75) is 48.5 Å². The summed E-state index contributed by atoms with van der Waals surface area (Å²) in [5, 5.41) is 0. The zero-order valence-corrected chi connectivity index (χ0v) is 10.9. The molecule has 0 aromatic rings. The minimum atomic E-state index is 1.02.